The molecule has 0 spiro atoms. The van der Waals surface area contributed by atoms with Gasteiger partial charge in [-0.05, 0) is 42.7 Å². The summed E-state index contributed by atoms with van der Waals surface area (Å²) in [5.74, 6) is -0.360. The summed E-state index contributed by atoms with van der Waals surface area (Å²) in [4.78, 5) is 22.4. The summed E-state index contributed by atoms with van der Waals surface area (Å²) in [7, 11) is 0. The van der Waals surface area contributed by atoms with E-state index in [1.807, 2.05) is 12.1 Å². The molecule has 6 nitrogen and oxygen atoms in total. The Labute approximate surface area is 183 Å². The maximum Gasteiger partial charge on any atom is 0.412 e. The zero-order chi connectivity index (χ0) is 21.8. The van der Waals surface area contributed by atoms with Gasteiger partial charge in [0.2, 0.25) is 0 Å². The minimum atomic E-state index is -1.24. The van der Waals surface area contributed by atoms with Gasteiger partial charge < -0.3 is 9.84 Å². The molecule has 0 radical (unpaired) electrons. The van der Waals surface area contributed by atoms with Crippen molar-refractivity contribution in [3.8, 4) is 21.7 Å². The molecular weight excluding hydrogens is 417 g/mol. The quantitative estimate of drug-likeness (QED) is 0.508. The smallest absolute Gasteiger partial charge is 0.412 e. The van der Waals surface area contributed by atoms with Crippen molar-refractivity contribution in [2.45, 2.75) is 18.8 Å². The number of nitrogens with zero attached hydrogens (tertiary/aromatic N) is 3. The first-order valence-corrected chi connectivity index (χ1v) is 10.8. The zero-order valence-electron chi connectivity index (χ0n) is 16.8. The summed E-state index contributed by atoms with van der Waals surface area (Å²) >= 11 is 1.55. The standard InChI is InChI=1S/C23H22FN3O3S/c1-2-12-27(23(28)29)18-5-3-4-17(19(18)24)20-21(15-6-10-25-11-7-15)31-22(26-20)16-8-13-30-14-9-16/h2-7,10-11,16H,1,8-9,12-14H2,(H,28,29). The van der Waals surface area contributed by atoms with Crippen LogP contribution in [0.2, 0.25) is 0 Å². The molecule has 0 saturated carbocycles. The number of ether oxygens (including phenoxy) is 1. The molecule has 0 unspecified atom stereocenters. The molecular formula is C23H22FN3O3S. The Kier molecular flexibility index (Phi) is 6.39. The van der Waals surface area contributed by atoms with E-state index in [-0.39, 0.29) is 23.7 Å². The molecule has 2 aromatic heterocycles. The number of hydrogen-bond donors (Lipinski definition) is 1. The molecule has 0 aliphatic carbocycles. The lowest BCUT2D eigenvalue weighted by atomic mass is 10.0. The number of thiazole rings is 1. The van der Waals surface area contributed by atoms with E-state index in [4.69, 9.17) is 9.72 Å². The van der Waals surface area contributed by atoms with E-state index >= 15 is 4.39 Å². The average molecular weight is 440 g/mol. The predicted molar refractivity (Wildman–Crippen MR) is 119 cm³/mol. The Morgan fingerprint density at radius 3 is 2.71 bits per heavy atom. The largest absolute Gasteiger partial charge is 0.465 e. The summed E-state index contributed by atoms with van der Waals surface area (Å²) in [6.07, 6.45) is 5.31. The number of halogens is 1. The third-order valence-corrected chi connectivity index (χ3v) is 6.49. The Morgan fingerprint density at radius 1 is 1.29 bits per heavy atom. The van der Waals surface area contributed by atoms with Crippen molar-refractivity contribution in [3.05, 3.63) is 66.2 Å². The molecule has 0 atom stereocenters. The van der Waals surface area contributed by atoms with Gasteiger partial charge in [-0.25, -0.2) is 14.2 Å². The van der Waals surface area contributed by atoms with E-state index in [1.165, 1.54) is 12.1 Å². The topological polar surface area (TPSA) is 75.6 Å². The first-order valence-electron chi connectivity index (χ1n) is 9.99. The van der Waals surface area contributed by atoms with Crippen molar-refractivity contribution in [1.29, 1.82) is 0 Å². The van der Waals surface area contributed by atoms with E-state index in [2.05, 4.69) is 11.6 Å². The number of aromatic nitrogens is 2. The fourth-order valence-electron chi connectivity index (χ4n) is 3.66. The van der Waals surface area contributed by atoms with E-state index in [0.717, 1.165) is 33.2 Å². The predicted octanol–water partition coefficient (Wildman–Crippen LogP) is 5.58. The average Bonchev–Trinajstić information content (AvgIpc) is 3.24. The molecule has 31 heavy (non-hydrogen) atoms. The summed E-state index contributed by atoms with van der Waals surface area (Å²) in [6.45, 7) is 4.92. The van der Waals surface area contributed by atoms with E-state index in [1.54, 1.807) is 35.9 Å². The molecule has 3 aromatic rings. The molecule has 160 valence electrons. The van der Waals surface area contributed by atoms with Crippen molar-refractivity contribution in [3.63, 3.8) is 0 Å². The van der Waals surface area contributed by atoms with Crippen molar-refractivity contribution in [2.24, 2.45) is 0 Å². The van der Waals surface area contributed by atoms with E-state index in [9.17, 15) is 9.90 Å². The van der Waals surface area contributed by atoms with Gasteiger partial charge in [-0.1, -0.05) is 12.1 Å². The maximum absolute atomic E-state index is 15.6. The number of pyridine rings is 1. The van der Waals surface area contributed by atoms with Crippen LogP contribution in [0.1, 0.15) is 23.8 Å². The van der Waals surface area contributed by atoms with Crippen LogP contribution in [0.4, 0.5) is 14.9 Å². The van der Waals surface area contributed by atoms with Gasteiger partial charge in [0.1, 0.15) is 0 Å². The number of carbonyl (C=O) groups is 1. The molecule has 4 rings (SSSR count). The molecule has 3 heterocycles. The van der Waals surface area contributed by atoms with Crippen molar-refractivity contribution in [2.75, 3.05) is 24.7 Å². The number of carboxylic acid groups (broad SMARTS) is 1. The lowest BCUT2D eigenvalue weighted by molar-refractivity contribution is 0.0853. The first kappa shape index (κ1) is 21.1. The maximum atomic E-state index is 15.6. The van der Waals surface area contributed by atoms with Gasteiger partial charge in [0.05, 0.1) is 21.3 Å². The fourth-order valence-corrected chi connectivity index (χ4v) is 4.91. The number of anilines is 1. The van der Waals surface area contributed by atoms with Gasteiger partial charge >= 0.3 is 6.09 Å². The Bertz CT molecular complexity index is 1080. The lowest BCUT2D eigenvalue weighted by Gasteiger charge is -2.20. The third kappa shape index (κ3) is 4.35. The Hall–Kier alpha value is -3.10. The molecule has 1 aliphatic heterocycles. The summed E-state index contributed by atoms with van der Waals surface area (Å²) in [6, 6.07) is 8.48. The fraction of sp³-hybridized carbons (Fsp3) is 0.261. The van der Waals surface area contributed by atoms with Gasteiger partial charge in [-0.2, -0.15) is 0 Å². The highest BCUT2D eigenvalue weighted by Gasteiger charge is 2.26. The SMILES string of the molecule is C=CCN(C(=O)O)c1cccc(-c2nc(C3CCOCC3)sc2-c2ccncc2)c1F. The monoisotopic (exact) mass is 439 g/mol. The molecule has 0 bridgehead atoms. The highest BCUT2D eigenvalue weighted by molar-refractivity contribution is 7.15. The van der Waals surface area contributed by atoms with Crippen molar-refractivity contribution < 1.29 is 19.0 Å². The van der Waals surface area contributed by atoms with Crippen LogP contribution in [0, 0.1) is 5.82 Å². The minimum absolute atomic E-state index is 0.0166. The number of rotatable bonds is 6. The van der Waals surface area contributed by atoms with Crippen LogP contribution in [-0.4, -0.2) is 40.9 Å². The highest BCUT2D eigenvalue weighted by atomic mass is 32.1. The third-order valence-electron chi connectivity index (χ3n) is 5.22. The number of amides is 1. The minimum Gasteiger partial charge on any atom is -0.465 e. The zero-order valence-corrected chi connectivity index (χ0v) is 17.6. The van der Waals surface area contributed by atoms with Gasteiger partial charge in [0.25, 0.3) is 0 Å². The second-order valence-electron chi connectivity index (χ2n) is 7.17. The van der Waals surface area contributed by atoms with Gasteiger partial charge in [-0.3, -0.25) is 9.88 Å². The molecule has 1 saturated heterocycles. The lowest BCUT2D eigenvalue weighted by Crippen LogP contribution is -2.30. The molecule has 1 amide bonds. The van der Waals surface area contributed by atoms with Crippen molar-refractivity contribution in [1.82, 2.24) is 9.97 Å². The molecule has 1 aliphatic rings. The molecule has 1 fully saturated rings. The molecule has 8 heteroatoms. The Balaban J connectivity index is 1.85. The highest BCUT2D eigenvalue weighted by Crippen LogP contribution is 2.43. The summed E-state index contributed by atoms with van der Waals surface area (Å²) < 4.78 is 21.1. The van der Waals surface area contributed by atoms with Gasteiger partial charge in [-0.15, -0.1) is 17.9 Å². The second kappa shape index (κ2) is 9.36. The van der Waals surface area contributed by atoms with Crippen LogP contribution in [0.15, 0.2) is 55.4 Å². The second-order valence-corrected chi connectivity index (χ2v) is 8.20. The van der Waals surface area contributed by atoms with Crippen molar-refractivity contribution >= 4 is 23.1 Å². The number of hydrogen-bond acceptors (Lipinski definition) is 5. The molecule has 1 aromatic carbocycles. The van der Waals surface area contributed by atoms with Crippen LogP contribution >= 0.6 is 11.3 Å². The molecule has 1 N–H and O–H groups in total. The van der Waals surface area contributed by atoms with Gasteiger partial charge in [0, 0.05) is 43.6 Å². The van der Waals surface area contributed by atoms with Crippen LogP contribution in [0.25, 0.3) is 21.7 Å². The Morgan fingerprint density at radius 2 is 2.03 bits per heavy atom. The van der Waals surface area contributed by atoms with Crippen LogP contribution in [0.5, 0.6) is 0 Å². The number of benzene rings is 1. The first-order chi connectivity index (χ1) is 15.1. The van der Waals surface area contributed by atoms with Gasteiger partial charge in [0.15, 0.2) is 5.82 Å². The van der Waals surface area contributed by atoms with Crippen LogP contribution in [-0.2, 0) is 4.74 Å². The van der Waals surface area contributed by atoms with Crippen LogP contribution in [0.3, 0.4) is 0 Å². The van der Waals surface area contributed by atoms with Crippen LogP contribution < -0.4 is 4.90 Å². The van der Waals surface area contributed by atoms with E-state index < -0.39 is 11.9 Å². The van der Waals surface area contributed by atoms with E-state index in [0.29, 0.717) is 18.9 Å². The summed E-state index contributed by atoms with van der Waals surface area (Å²) in [5.41, 5.74) is 1.66. The normalized spacial score (nSPS) is 14.4. The summed E-state index contributed by atoms with van der Waals surface area (Å²) in [5, 5.41) is 10.5.